The van der Waals surface area contributed by atoms with Gasteiger partial charge in [-0.3, -0.25) is 0 Å². The minimum absolute atomic E-state index is 0.614. The predicted octanol–water partition coefficient (Wildman–Crippen LogP) is 2.18. The van der Waals surface area contributed by atoms with E-state index in [0.717, 1.165) is 0 Å². The van der Waals surface area contributed by atoms with E-state index in [0.29, 0.717) is 5.92 Å². The Kier molecular flexibility index (Phi) is 6.66. The van der Waals surface area contributed by atoms with Gasteiger partial charge in [-0.25, -0.2) is 0 Å². The van der Waals surface area contributed by atoms with E-state index in [-0.39, 0.29) is 0 Å². The fourth-order valence-corrected chi connectivity index (χ4v) is 1.05. The zero-order valence-corrected chi connectivity index (χ0v) is 9.43. The molecule has 1 rings (SSSR count). The predicted molar refractivity (Wildman–Crippen MR) is 59.0 cm³/mol. The van der Waals surface area contributed by atoms with Gasteiger partial charge in [0.15, 0.2) is 0 Å². The Balaban J connectivity index is 0.000000500. The highest BCUT2D eigenvalue weighted by molar-refractivity contribution is 7.51. The van der Waals surface area contributed by atoms with Crippen LogP contribution in [0, 0.1) is 0 Å². The summed E-state index contributed by atoms with van der Waals surface area (Å²) in [5.41, 5.74) is 2.58. The standard InChI is InChI=1S/C10H15N.O2S/c1-8(2)9-5-4-6-10(7-9)11-3;1-3-2/h4-8,11H,1-3H3;. The number of hydrogen-bond donors (Lipinski definition) is 1. The molecule has 78 valence electrons. The van der Waals surface area contributed by atoms with Gasteiger partial charge in [-0.1, -0.05) is 26.0 Å². The van der Waals surface area contributed by atoms with Crippen molar-refractivity contribution in [1.29, 1.82) is 0 Å². The maximum absolute atomic E-state index is 8.29. The van der Waals surface area contributed by atoms with E-state index in [2.05, 4.69) is 43.4 Å². The monoisotopic (exact) mass is 213 g/mol. The third-order valence-electron chi connectivity index (χ3n) is 1.84. The highest BCUT2D eigenvalue weighted by Gasteiger charge is 1.97. The Bertz CT molecular complexity index is 307. The number of rotatable bonds is 2. The SMILES string of the molecule is CNc1cccc(C(C)C)c1.O=S=O. The third kappa shape index (κ3) is 4.77. The molecule has 0 unspecified atom stereocenters. The first-order valence-electron chi connectivity index (χ1n) is 4.35. The molecule has 0 heterocycles. The van der Waals surface area contributed by atoms with E-state index < -0.39 is 11.6 Å². The van der Waals surface area contributed by atoms with Crippen molar-refractivity contribution < 1.29 is 8.42 Å². The summed E-state index contributed by atoms with van der Waals surface area (Å²) < 4.78 is 16.6. The smallest absolute Gasteiger partial charge is 0.335 e. The Morgan fingerprint density at radius 2 is 1.86 bits per heavy atom. The molecule has 0 spiro atoms. The number of benzene rings is 1. The van der Waals surface area contributed by atoms with Gasteiger partial charge < -0.3 is 5.32 Å². The first-order valence-corrected chi connectivity index (χ1v) is 5.01. The molecule has 4 heteroatoms. The van der Waals surface area contributed by atoms with Gasteiger partial charge in [0.25, 0.3) is 0 Å². The molecular weight excluding hydrogens is 198 g/mol. The molecule has 0 aliphatic carbocycles. The minimum Gasteiger partial charge on any atom is -0.388 e. The molecule has 0 saturated heterocycles. The molecule has 3 nitrogen and oxygen atoms in total. The second-order valence-corrected chi connectivity index (χ2v) is 3.23. The van der Waals surface area contributed by atoms with Crippen LogP contribution in [0.5, 0.6) is 0 Å². The Labute approximate surface area is 88.1 Å². The summed E-state index contributed by atoms with van der Waals surface area (Å²) in [4.78, 5) is 0. The topological polar surface area (TPSA) is 46.2 Å². The van der Waals surface area contributed by atoms with Crippen molar-refractivity contribution in [2.24, 2.45) is 0 Å². The van der Waals surface area contributed by atoms with Gasteiger partial charge in [-0.05, 0) is 23.6 Å². The van der Waals surface area contributed by atoms with Gasteiger partial charge in [-0.15, -0.1) is 0 Å². The quantitative estimate of drug-likeness (QED) is 0.819. The fraction of sp³-hybridized carbons (Fsp3) is 0.400. The van der Waals surface area contributed by atoms with Crippen molar-refractivity contribution in [2.45, 2.75) is 19.8 Å². The van der Waals surface area contributed by atoms with Gasteiger partial charge in [-0.2, -0.15) is 8.42 Å². The van der Waals surface area contributed by atoms with Crippen LogP contribution in [0.25, 0.3) is 0 Å². The van der Waals surface area contributed by atoms with Crippen LogP contribution in [0.3, 0.4) is 0 Å². The van der Waals surface area contributed by atoms with Crippen molar-refractivity contribution in [3.05, 3.63) is 29.8 Å². The molecule has 1 aromatic carbocycles. The lowest BCUT2D eigenvalue weighted by atomic mass is 10.0. The summed E-state index contributed by atoms with van der Waals surface area (Å²) in [5, 5.41) is 3.12. The summed E-state index contributed by atoms with van der Waals surface area (Å²) in [7, 11) is 1.94. The van der Waals surface area contributed by atoms with Crippen LogP contribution in [0.4, 0.5) is 5.69 Å². The maximum atomic E-state index is 8.29. The molecule has 0 aliphatic rings. The molecule has 14 heavy (non-hydrogen) atoms. The summed E-state index contributed by atoms with van der Waals surface area (Å²) in [5.74, 6) is 0.614. The van der Waals surface area contributed by atoms with Crippen molar-refractivity contribution >= 4 is 17.3 Å². The summed E-state index contributed by atoms with van der Waals surface area (Å²) in [6.07, 6.45) is 0. The van der Waals surface area contributed by atoms with Gasteiger partial charge in [0.2, 0.25) is 0 Å². The van der Waals surface area contributed by atoms with Crippen LogP contribution in [-0.4, -0.2) is 15.5 Å². The zero-order valence-electron chi connectivity index (χ0n) is 8.61. The van der Waals surface area contributed by atoms with Crippen LogP contribution in [-0.2, 0) is 11.6 Å². The fourth-order valence-electron chi connectivity index (χ4n) is 1.05. The van der Waals surface area contributed by atoms with E-state index in [4.69, 9.17) is 8.42 Å². The van der Waals surface area contributed by atoms with Gasteiger partial charge in [0, 0.05) is 12.7 Å². The molecular formula is C10H15NO2S. The Morgan fingerprint density at radius 1 is 1.29 bits per heavy atom. The highest BCUT2D eigenvalue weighted by Crippen LogP contribution is 2.17. The van der Waals surface area contributed by atoms with E-state index in [1.807, 2.05) is 7.05 Å². The number of nitrogens with one attached hydrogen (secondary N) is 1. The summed E-state index contributed by atoms with van der Waals surface area (Å²) in [6.45, 7) is 4.41. The third-order valence-corrected chi connectivity index (χ3v) is 1.84. The molecule has 0 atom stereocenters. The van der Waals surface area contributed by atoms with Crippen molar-refractivity contribution in [1.82, 2.24) is 0 Å². The molecule has 0 bridgehead atoms. The van der Waals surface area contributed by atoms with Crippen molar-refractivity contribution in [3.8, 4) is 0 Å². The van der Waals surface area contributed by atoms with Crippen LogP contribution in [0.15, 0.2) is 24.3 Å². The van der Waals surface area contributed by atoms with Crippen LogP contribution < -0.4 is 5.32 Å². The lowest BCUT2D eigenvalue weighted by Crippen LogP contribution is -1.91. The molecule has 0 radical (unpaired) electrons. The minimum atomic E-state index is -0.750. The summed E-state index contributed by atoms with van der Waals surface area (Å²) in [6, 6.07) is 8.50. The largest absolute Gasteiger partial charge is 0.388 e. The maximum Gasteiger partial charge on any atom is 0.335 e. The van der Waals surface area contributed by atoms with E-state index in [9.17, 15) is 0 Å². The molecule has 0 amide bonds. The second-order valence-electron chi connectivity index (χ2n) is 3.10. The molecule has 0 aromatic heterocycles. The van der Waals surface area contributed by atoms with Crippen molar-refractivity contribution in [3.63, 3.8) is 0 Å². The van der Waals surface area contributed by atoms with Gasteiger partial charge in [0.1, 0.15) is 0 Å². The zero-order chi connectivity index (χ0) is 11.0. The van der Waals surface area contributed by atoms with E-state index >= 15 is 0 Å². The normalized spacial score (nSPS) is 8.86. The van der Waals surface area contributed by atoms with E-state index in [1.54, 1.807) is 0 Å². The Morgan fingerprint density at radius 3 is 2.29 bits per heavy atom. The Hall–Kier alpha value is -1.16. The molecule has 1 aromatic rings. The first kappa shape index (κ1) is 12.8. The lowest BCUT2D eigenvalue weighted by molar-refractivity contribution is 0.630. The second kappa shape index (κ2) is 7.26. The first-order chi connectivity index (χ1) is 6.65. The average Bonchev–Trinajstić information content (AvgIpc) is 2.19. The lowest BCUT2D eigenvalue weighted by Gasteiger charge is -2.06. The van der Waals surface area contributed by atoms with Crippen molar-refractivity contribution in [2.75, 3.05) is 12.4 Å². The van der Waals surface area contributed by atoms with E-state index in [1.165, 1.54) is 11.3 Å². The number of hydrogen-bond acceptors (Lipinski definition) is 3. The average molecular weight is 213 g/mol. The van der Waals surface area contributed by atoms with Crippen LogP contribution in [0.2, 0.25) is 0 Å². The molecule has 0 saturated carbocycles. The van der Waals surface area contributed by atoms with Crippen LogP contribution in [0.1, 0.15) is 25.3 Å². The summed E-state index contributed by atoms with van der Waals surface area (Å²) >= 11 is -0.750. The van der Waals surface area contributed by atoms with Crippen LogP contribution >= 0.6 is 0 Å². The number of anilines is 1. The highest BCUT2D eigenvalue weighted by atomic mass is 32.1. The molecule has 0 fully saturated rings. The molecule has 0 aliphatic heterocycles. The van der Waals surface area contributed by atoms with Gasteiger partial charge >= 0.3 is 11.6 Å². The molecule has 1 N–H and O–H groups in total. The van der Waals surface area contributed by atoms with Gasteiger partial charge in [0.05, 0.1) is 0 Å².